The average Bonchev–Trinajstić information content (AvgIpc) is 3.80. The van der Waals surface area contributed by atoms with Crippen molar-refractivity contribution in [3.8, 4) is 0 Å². The number of rotatable bonds is 14. The minimum Gasteiger partial charge on any atom is -0.394 e. The van der Waals surface area contributed by atoms with Crippen molar-refractivity contribution in [2.75, 3.05) is 26.4 Å². The highest BCUT2D eigenvalue weighted by atomic mass is 16.8. The summed E-state index contributed by atoms with van der Waals surface area (Å²) in [5.74, 6) is -0.0790. The summed E-state index contributed by atoms with van der Waals surface area (Å²) in [4.78, 5) is 0. The highest BCUT2D eigenvalue weighted by molar-refractivity contribution is 5.26. The summed E-state index contributed by atoms with van der Waals surface area (Å²) in [7, 11) is 0. The fourth-order valence-corrected chi connectivity index (χ4v) is 14.7. The van der Waals surface area contributed by atoms with Gasteiger partial charge in [0, 0.05) is 12.3 Å². The molecule has 4 aliphatic carbocycles. The summed E-state index contributed by atoms with van der Waals surface area (Å²) in [5, 5.41) is 138. The molecule has 22 nitrogen and oxygen atoms in total. The van der Waals surface area contributed by atoms with Crippen LogP contribution in [-0.4, -0.2) is 228 Å². The molecule has 5 saturated heterocycles. The minimum atomic E-state index is -1.75. The van der Waals surface area contributed by atoms with Crippen molar-refractivity contribution in [3.05, 3.63) is 11.6 Å². The Labute approximate surface area is 419 Å². The van der Waals surface area contributed by atoms with Crippen LogP contribution in [0.5, 0.6) is 0 Å². The molecule has 0 aromatic heterocycles. The SMILES string of the molecule is C[C@H](CC[C@@]1(O)O[C@H]2C[C@H]3[C@@H]4CC=C5C[C@@H](O[C@@H]6O[C@H](CO)[C@@H](O[C@H]7OC[C@H](O)[C@H](O)[C@H]7O[C@@H]7O[C@@H](C)[C@H](O)[C@@H](O)[C@H]7O)[C@H](O)[C@H]6O)CC[C@]5(C)[C@H]4CC[C@]3(C)[C@H]2[C@@H]1C)CO[C@@H]1O[C@H](CO)[C@@H](O)[C@H](O)[C@H]1O. The second kappa shape index (κ2) is 21.6. The summed E-state index contributed by atoms with van der Waals surface area (Å²) >= 11 is 0. The van der Waals surface area contributed by atoms with Crippen LogP contribution >= 0.6 is 0 Å². The van der Waals surface area contributed by atoms with Crippen molar-refractivity contribution < 1.29 is 109 Å². The van der Waals surface area contributed by atoms with Crippen LogP contribution in [0.1, 0.15) is 92.4 Å². The van der Waals surface area contributed by atoms with Crippen LogP contribution in [0.4, 0.5) is 0 Å². The maximum atomic E-state index is 12.1. The van der Waals surface area contributed by atoms with Gasteiger partial charge < -0.3 is 109 Å². The Morgan fingerprint density at radius 2 is 1.35 bits per heavy atom. The van der Waals surface area contributed by atoms with Crippen LogP contribution in [0.2, 0.25) is 0 Å². The van der Waals surface area contributed by atoms with Gasteiger partial charge in [-0.15, -0.1) is 0 Å². The zero-order valence-electron chi connectivity index (χ0n) is 41.8. The first-order valence-corrected chi connectivity index (χ1v) is 26.3. The third kappa shape index (κ3) is 9.91. The molecule has 0 aromatic rings. The van der Waals surface area contributed by atoms with E-state index in [0.29, 0.717) is 43.4 Å². The first-order valence-electron chi connectivity index (χ1n) is 26.3. The second-order valence-corrected chi connectivity index (χ2v) is 23.4. The van der Waals surface area contributed by atoms with E-state index in [2.05, 4.69) is 26.8 Å². The van der Waals surface area contributed by atoms with Gasteiger partial charge in [0.25, 0.3) is 0 Å². The first kappa shape index (κ1) is 55.6. The maximum absolute atomic E-state index is 12.1. The molecule has 30 atom stereocenters. The third-order valence-corrected chi connectivity index (χ3v) is 19.1. The number of hydrogen-bond donors (Lipinski definition) is 13. The molecule has 8 fully saturated rings. The molecule has 0 aromatic carbocycles. The van der Waals surface area contributed by atoms with Crippen molar-refractivity contribution in [2.45, 2.75) is 227 Å². The highest BCUT2D eigenvalue weighted by Gasteiger charge is 2.68. The fourth-order valence-electron chi connectivity index (χ4n) is 14.7. The molecule has 5 aliphatic heterocycles. The molecule has 0 unspecified atom stereocenters. The molecule has 0 amide bonds. The molecule has 0 spiro atoms. The van der Waals surface area contributed by atoms with Gasteiger partial charge in [-0.1, -0.05) is 39.3 Å². The molecular formula is C50H82O22. The number of allylic oxidation sites excluding steroid dienone is 1. The first-order chi connectivity index (χ1) is 34.0. The van der Waals surface area contributed by atoms with E-state index in [1.54, 1.807) is 0 Å². The molecule has 22 heteroatoms. The van der Waals surface area contributed by atoms with Crippen LogP contribution < -0.4 is 0 Å². The van der Waals surface area contributed by atoms with E-state index in [4.69, 9.17) is 42.6 Å². The number of fused-ring (bicyclic) bond motifs is 7. The lowest BCUT2D eigenvalue weighted by Crippen LogP contribution is -2.65. The van der Waals surface area contributed by atoms with E-state index >= 15 is 0 Å². The summed E-state index contributed by atoms with van der Waals surface area (Å²) in [5.41, 5.74) is 1.17. The normalized spacial score (nSPS) is 55.1. The number of aliphatic hydroxyl groups is 13. The van der Waals surface area contributed by atoms with Gasteiger partial charge in [-0.05, 0) is 98.7 Å². The van der Waals surface area contributed by atoms with E-state index in [1.807, 2.05) is 6.92 Å². The zero-order chi connectivity index (χ0) is 51.9. The molecule has 0 radical (unpaired) electrons. The van der Waals surface area contributed by atoms with Crippen molar-refractivity contribution in [3.63, 3.8) is 0 Å². The van der Waals surface area contributed by atoms with Crippen LogP contribution in [-0.2, 0) is 42.6 Å². The molecule has 414 valence electrons. The molecule has 9 aliphatic rings. The van der Waals surface area contributed by atoms with Crippen LogP contribution in [0.3, 0.4) is 0 Å². The zero-order valence-corrected chi connectivity index (χ0v) is 41.8. The largest absolute Gasteiger partial charge is 0.394 e. The smallest absolute Gasteiger partial charge is 0.187 e. The Morgan fingerprint density at radius 1 is 0.694 bits per heavy atom. The number of hydrogen-bond acceptors (Lipinski definition) is 22. The van der Waals surface area contributed by atoms with E-state index in [9.17, 15) is 66.4 Å². The lowest BCUT2D eigenvalue weighted by molar-refractivity contribution is -0.378. The van der Waals surface area contributed by atoms with Gasteiger partial charge in [-0.25, -0.2) is 0 Å². The molecule has 5 heterocycles. The summed E-state index contributed by atoms with van der Waals surface area (Å²) in [6.45, 7) is 8.79. The predicted molar refractivity (Wildman–Crippen MR) is 244 cm³/mol. The summed E-state index contributed by atoms with van der Waals surface area (Å²) in [6.07, 6.45) is -19.0. The fraction of sp³-hybridized carbons (Fsp3) is 0.960. The van der Waals surface area contributed by atoms with Crippen molar-refractivity contribution in [2.24, 2.45) is 46.3 Å². The Hall–Kier alpha value is -1.14. The molecule has 3 saturated carbocycles. The standard InChI is InChI=1S/C50H82O22/c1-20(18-64-44-39(60)37(58)35(56)30(16-51)68-44)8-13-50(63)21(2)32-29(72-50)15-27-25-7-6-23-14-24(9-11-48(23,4)26(25)10-12-49(27,32)5)67-46-41(62)38(59)42(31(17-52)69-46)70-47-43(34(55)28(53)19-65-47)71-45-40(61)36(57)33(54)22(3)66-45/h6,20-22,24-47,51-63H,7-19H2,1-5H3/t20-,21+,22+,24+,25-,26+,27+,28+,29+,30-,31-,32+,33+,34+,35-,36-,37+,38-,39-,40-,41-,42-,43-,44-,45+,46-,47-,48+,49+,50-/m1/s1. The molecule has 72 heavy (non-hydrogen) atoms. The van der Waals surface area contributed by atoms with E-state index in [1.165, 1.54) is 12.5 Å². The van der Waals surface area contributed by atoms with Crippen molar-refractivity contribution in [1.29, 1.82) is 0 Å². The van der Waals surface area contributed by atoms with Gasteiger partial charge in [0.1, 0.15) is 85.5 Å². The van der Waals surface area contributed by atoms with Gasteiger partial charge in [0.15, 0.2) is 30.9 Å². The monoisotopic (exact) mass is 1030 g/mol. The third-order valence-electron chi connectivity index (χ3n) is 19.1. The predicted octanol–water partition coefficient (Wildman–Crippen LogP) is -2.37. The number of ether oxygens (including phenoxy) is 9. The van der Waals surface area contributed by atoms with Gasteiger partial charge in [-0.2, -0.15) is 0 Å². The Bertz CT molecular complexity index is 1860. The molecule has 0 bridgehead atoms. The van der Waals surface area contributed by atoms with E-state index < -0.39 is 142 Å². The van der Waals surface area contributed by atoms with Crippen molar-refractivity contribution in [1.82, 2.24) is 0 Å². The lowest BCUT2D eigenvalue weighted by atomic mass is 9.47. The molecule has 13 N–H and O–H groups in total. The van der Waals surface area contributed by atoms with E-state index in [0.717, 1.165) is 32.1 Å². The quantitative estimate of drug-likeness (QED) is 0.0809. The Morgan fingerprint density at radius 3 is 2.07 bits per heavy atom. The number of aliphatic hydroxyl groups excluding tert-OH is 12. The van der Waals surface area contributed by atoms with Crippen molar-refractivity contribution >= 4 is 0 Å². The summed E-state index contributed by atoms with van der Waals surface area (Å²) in [6, 6.07) is 0. The minimum absolute atomic E-state index is 0.0349. The van der Waals surface area contributed by atoms with Crippen LogP contribution in [0, 0.1) is 46.3 Å². The van der Waals surface area contributed by atoms with E-state index in [-0.39, 0.29) is 47.4 Å². The lowest BCUT2D eigenvalue weighted by Gasteiger charge is -2.58. The average molecular weight is 1040 g/mol. The Balaban J connectivity index is 0.787. The topological polar surface area (TPSA) is 346 Å². The molecule has 9 rings (SSSR count). The van der Waals surface area contributed by atoms with Gasteiger partial charge in [-0.3, -0.25) is 0 Å². The Kier molecular flexibility index (Phi) is 16.7. The highest BCUT2D eigenvalue weighted by Crippen LogP contribution is 2.70. The van der Waals surface area contributed by atoms with Crippen LogP contribution in [0.25, 0.3) is 0 Å². The van der Waals surface area contributed by atoms with Gasteiger partial charge in [0.05, 0.1) is 44.7 Å². The van der Waals surface area contributed by atoms with Gasteiger partial charge >= 0.3 is 0 Å². The summed E-state index contributed by atoms with van der Waals surface area (Å²) < 4.78 is 53.5. The second-order valence-electron chi connectivity index (χ2n) is 23.4. The van der Waals surface area contributed by atoms with Gasteiger partial charge in [0.2, 0.25) is 0 Å². The molecular weight excluding hydrogens is 953 g/mol. The maximum Gasteiger partial charge on any atom is 0.187 e. The van der Waals surface area contributed by atoms with Crippen LogP contribution in [0.15, 0.2) is 11.6 Å².